The Labute approximate surface area is 169 Å². The summed E-state index contributed by atoms with van der Waals surface area (Å²) in [5.41, 5.74) is 1.30. The number of hydrogen-bond donors (Lipinski definition) is 0. The number of hydrogen-bond acceptors (Lipinski definition) is 3. The van der Waals surface area contributed by atoms with E-state index in [-0.39, 0.29) is 5.91 Å². The van der Waals surface area contributed by atoms with Crippen molar-refractivity contribution >= 4 is 69.2 Å². The standard InChI is InChI=1S/C17H12Cl4N2OS/c18-11-3-4-14(20)13(7-11)16(24)23-6-5-22-17(23)25-9-10-1-2-12(19)8-15(10)21/h1-4,7-8H,5-6,9H2. The van der Waals surface area contributed by atoms with Crippen LogP contribution >= 0.6 is 58.2 Å². The number of benzene rings is 2. The van der Waals surface area contributed by atoms with Gasteiger partial charge in [0.15, 0.2) is 5.17 Å². The SMILES string of the molecule is O=C(c1cc(Cl)ccc1Cl)N1CCN=C1SCc1ccc(Cl)cc1Cl. The molecule has 130 valence electrons. The maximum atomic E-state index is 12.8. The fourth-order valence-electron chi connectivity index (χ4n) is 2.33. The third kappa shape index (κ3) is 4.44. The molecule has 2 aromatic rings. The van der Waals surface area contributed by atoms with E-state index in [1.807, 2.05) is 6.07 Å². The summed E-state index contributed by atoms with van der Waals surface area (Å²) in [5.74, 6) is 0.375. The minimum absolute atomic E-state index is 0.210. The van der Waals surface area contributed by atoms with E-state index in [9.17, 15) is 4.79 Å². The number of carbonyl (C=O) groups is 1. The van der Waals surface area contributed by atoms with Crippen molar-refractivity contribution in [2.75, 3.05) is 13.1 Å². The highest BCUT2D eigenvalue weighted by Crippen LogP contribution is 2.29. The minimum atomic E-state index is -0.210. The zero-order valence-electron chi connectivity index (χ0n) is 12.8. The topological polar surface area (TPSA) is 32.7 Å². The fraction of sp³-hybridized carbons (Fsp3) is 0.176. The lowest BCUT2D eigenvalue weighted by molar-refractivity contribution is 0.0861. The summed E-state index contributed by atoms with van der Waals surface area (Å²) in [6.45, 7) is 1.07. The van der Waals surface area contributed by atoms with Crippen LogP contribution in [-0.4, -0.2) is 29.1 Å². The van der Waals surface area contributed by atoms with Crippen LogP contribution < -0.4 is 0 Å². The molecular weight excluding hydrogens is 422 g/mol. The molecule has 1 heterocycles. The molecule has 1 aliphatic rings. The van der Waals surface area contributed by atoms with Crippen molar-refractivity contribution in [3.63, 3.8) is 0 Å². The second-order valence-electron chi connectivity index (χ2n) is 5.27. The first-order chi connectivity index (χ1) is 12.0. The number of thioether (sulfide) groups is 1. The highest BCUT2D eigenvalue weighted by Gasteiger charge is 2.27. The van der Waals surface area contributed by atoms with Gasteiger partial charge in [-0.3, -0.25) is 14.7 Å². The maximum Gasteiger partial charge on any atom is 0.261 e. The van der Waals surface area contributed by atoms with Crippen molar-refractivity contribution in [2.24, 2.45) is 4.99 Å². The summed E-state index contributed by atoms with van der Waals surface area (Å²) < 4.78 is 0. The second-order valence-corrected chi connectivity index (χ2v) is 7.90. The first-order valence-corrected chi connectivity index (χ1v) is 9.83. The minimum Gasteiger partial charge on any atom is -0.286 e. The Morgan fingerprint density at radius 2 is 1.76 bits per heavy atom. The van der Waals surface area contributed by atoms with Crippen molar-refractivity contribution in [2.45, 2.75) is 5.75 Å². The Morgan fingerprint density at radius 1 is 1.04 bits per heavy atom. The normalized spacial score (nSPS) is 13.9. The fourth-order valence-corrected chi connectivity index (χ4v) is 4.30. The predicted octanol–water partition coefficient (Wildman–Crippen LogP) is 6.05. The van der Waals surface area contributed by atoms with E-state index in [2.05, 4.69) is 4.99 Å². The number of halogens is 4. The largest absolute Gasteiger partial charge is 0.286 e. The van der Waals surface area contributed by atoms with Gasteiger partial charge in [-0.25, -0.2) is 0 Å². The molecule has 25 heavy (non-hydrogen) atoms. The van der Waals surface area contributed by atoms with E-state index < -0.39 is 0 Å². The van der Waals surface area contributed by atoms with E-state index >= 15 is 0 Å². The van der Waals surface area contributed by atoms with Gasteiger partial charge in [-0.1, -0.05) is 64.2 Å². The Balaban J connectivity index is 1.74. The van der Waals surface area contributed by atoms with Crippen LogP contribution in [0.3, 0.4) is 0 Å². The Morgan fingerprint density at radius 3 is 2.52 bits per heavy atom. The third-order valence-corrected chi connectivity index (χ3v) is 5.79. The molecule has 1 aliphatic heterocycles. The van der Waals surface area contributed by atoms with Crippen molar-refractivity contribution in [1.29, 1.82) is 0 Å². The number of rotatable bonds is 3. The lowest BCUT2D eigenvalue weighted by atomic mass is 10.2. The maximum absolute atomic E-state index is 12.8. The van der Waals surface area contributed by atoms with Gasteiger partial charge in [0.25, 0.3) is 5.91 Å². The summed E-state index contributed by atoms with van der Waals surface area (Å²) in [6, 6.07) is 10.2. The predicted molar refractivity (Wildman–Crippen MR) is 108 cm³/mol. The molecule has 8 heteroatoms. The van der Waals surface area contributed by atoms with Crippen LogP contribution in [0.5, 0.6) is 0 Å². The van der Waals surface area contributed by atoms with Crippen LogP contribution in [0.15, 0.2) is 41.4 Å². The first kappa shape index (κ1) is 18.9. The smallest absolute Gasteiger partial charge is 0.261 e. The Hall–Kier alpha value is -0.910. The van der Waals surface area contributed by atoms with Crippen LogP contribution in [0.2, 0.25) is 20.1 Å². The van der Waals surface area contributed by atoms with Gasteiger partial charge >= 0.3 is 0 Å². The van der Waals surface area contributed by atoms with Gasteiger partial charge < -0.3 is 0 Å². The van der Waals surface area contributed by atoms with Crippen molar-refractivity contribution in [3.05, 3.63) is 67.6 Å². The Kier molecular flexibility index (Phi) is 6.18. The van der Waals surface area contributed by atoms with Gasteiger partial charge in [0, 0.05) is 27.4 Å². The van der Waals surface area contributed by atoms with Gasteiger partial charge in [0.2, 0.25) is 0 Å². The lowest BCUT2D eigenvalue weighted by Crippen LogP contribution is -2.33. The molecule has 0 saturated heterocycles. The molecule has 0 unspecified atom stereocenters. The number of carbonyl (C=O) groups excluding carboxylic acids is 1. The molecule has 3 rings (SSSR count). The number of amidine groups is 1. The number of amides is 1. The average molecular weight is 434 g/mol. The van der Waals surface area contributed by atoms with E-state index in [1.165, 1.54) is 11.8 Å². The highest BCUT2D eigenvalue weighted by atomic mass is 35.5. The molecule has 0 saturated carbocycles. The van der Waals surface area contributed by atoms with Crippen molar-refractivity contribution in [1.82, 2.24) is 4.90 Å². The molecule has 3 nitrogen and oxygen atoms in total. The molecule has 0 bridgehead atoms. The molecule has 0 radical (unpaired) electrons. The highest BCUT2D eigenvalue weighted by molar-refractivity contribution is 8.13. The summed E-state index contributed by atoms with van der Waals surface area (Å²) in [4.78, 5) is 18.8. The monoisotopic (exact) mass is 432 g/mol. The van der Waals surface area contributed by atoms with Crippen LogP contribution in [0.1, 0.15) is 15.9 Å². The summed E-state index contributed by atoms with van der Waals surface area (Å²) in [5, 5.41) is 2.66. The first-order valence-electron chi connectivity index (χ1n) is 7.34. The van der Waals surface area contributed by atoms with Crippen molar-refractivity contribution < 1.29 is 4.79 Å². The third-order valence-electron chi connectivity index (χ3n) is 3.58. The van der Waals surface area contributed by atoms with Crippen LogP contribution in [0.25, 0.3) is 0 Å². The van der Waals surface area contributed by atoms with Gasteiger partial charge in [-0.2, -0.15) is 0 Å². The number of nitrogens with zero attached hydrogens (tertiary/aromatic N) is 2. The van der Waals surface area contributed by atoms with Crippen LogP contribution in [0.4, 0.5) is 0 Å². The molecule has 0 spiro atoms. The lowest BCUT2D eigenvalue weighted by Gasteiger charge is -2.19. The zero-order chi connectivity index (χ0) is 18.0. The van der Waals surface area contributed by atoms with Gasteiger partial charge in [0.1, 0.15) is 0 Å². The summed E-state index contributed by atoms with van der Waals surface area (Å²) in [6.07, 6.45) is 0. The molecular formula is C17H12Cl4N2OS. The van der Waals surface area contributed by atoms with Gasteiger partial charge in [0.05, 0.1) is 17.1 Å². The van der Waals surface area contributed by atoms with Crippen LogP contribution in [-0.2, 0) is 5.75 Å². The molecule has 0 aromatic heterocycles. The zero-order valence-corrected chi connectivity index (χ0v) is 16.6. The number of aliphatic imine (C=N–C) groups is 1. The molecule has 0 N–H and O–H groups in total. The van der Waals surface area contributed by atoms with Crippen LogP contribution in [0, 0.1) is 0 Å². The van der Waals surface area contributed by atoms with E-state index in [1.54, 1.807) is 35.2 Å². The molecule has 0 atom stereocenters. The summed E-state index contributed by atoms with van der Waals surface area (Å²) >= 11 is 25.7. The quantitative estimate of drug-likeness (QED) is 0.590. The van der Waals surface area contributed by atoms with Crippen molar-refractivity contribution in [3.8, 4) is 0 Å². The van der Waals surface area contributed by atoms with Gasteiger partial charge in [-0.15, -0.1) is 0 Å². The second kappa shape index (κ2) is 8.19. The molecule has 0 fully saturated rings. The molecule has 1 amide bonds. The van der Waals surface area contributed by atoms with Gasteiger partial charge in [-0.05, 0) is 35.9 Å². The Bertz CT molecular complexity index is 857. The average Bonchev–Trinajstić information content (AvgIpc) is 3.04. The summed E-state index contributed by atoms with van der Waals surface area (Å²) in [7, 11) is 0. The van der Waals surface area contributed by atoms with E-state index in [0.29, 0.717) is 49.7 Å². The van der Waals surface area contributed by atoms with E-state index in [4.69, 9.17) is 46.4 Å². The molecule has 0 aliphatic carbocycles. The molecule has 2 aromatic carbocycles. The van der Waals surface area contributed by atoms with E-state index in [0.717, 1.165) is 5.56 Å².